The fourth-order valence-electron chi connectivity index (χ4n) is 2.34. The fourth-order valence-corrected chi connectivity index (χ4v) is 2.34. The minimum absolute atomic E-state index is 0.148. The summed E-state index contributed by atoms with van der Waals surface area (Å²) in [5, 5.41) is 12.0. The van der Waals surface area contributed by atoms with Crippen molar-refractivity contribution in [2.45, 2.75) is 38.1 Å². The van der Waals surface area contributed by atoms with E-state index < -0.39 is 12.0 Å². The molecule has 2 N–H and O–H groups in total. The third-order valence-electron chi connectivity index (χ3n) is 3.52. The molecule has 5 heteroatoms. The lowest BCUT2D eigenvalue weighted by molar-refractivity contribution is -0.140. The SMILES string of the molecule is O=C(O)C(NCCC(=O)N1CCCC1)C1CC1. The van der Waals surface area contributed by atoms with Crippen LogP contribution < -0.4 is 5.32 Å². The van der Waals surface area contributed by atoms with E-state index in [2.05, 4.69) is 5.32 Å². The van der Waals surface area contributed by atoms with E-state index in [0.717, 1.165) is 38.8 Å². The van der Waals surface area contributed by atoms with Crippen LogP contribution in [0, 0.1) is 5.92 Å². The van der Waals surface area contributed by atoms with Gasteiger partial charge in [0.25, 0.3) is 0 Å². The monoisotopic (exact) mass is 240 g/mol. The van der Waals surface area contributed by atoms with Gasteiger partial charge < -0.3 is 15.3 Å². The maximum absolute atomic E-state index is 11.7. The standard InChI is InChI=1S/C12H20N2O3/c15-10(14-7-1-2-8-14)5-6-13-11(12(16)17)9-3-4-9/h9,11,13H,1-8H2,(H,16,17). The summed E-state index contributed by atoms with van der Waals surface area (Å²) in [6.07, 6.45) is 4.59. The number of hydrogen-bond acceptors (Lipinski definition) is 3. The number of aliphatic carboxylic acids is 1. The first-order valence-corrected chi connectivity index (χ1v) is 6.42. The fraction of sp³-hybridized carbons (Fsp3) is 0.833. The zero-order valence-electron chi connectivity index (χ0n) is 10.0. The van der Waals surface area contributed by atoms with Crippen LogP contribution in [0.3, 0.4) is 0 Å². The Morgan fingerprint density at radius 2 is 1.94 bits per heavy atom. The Bertz CT molecular complexity index is 296. The second kappa shape index (κ2) is 5.49. The zero-order chi connectivity index (χ0) is 12.3. The van der Waals surface area contributed by atoms with Crippen molar-refractivity contribution in [2.75, 3.05) is 19.6 Å². The van der Waals surface area contributed by atoms with Gasteiger partial charge in [0.1, 0.15) is 6.04 Å². The van der Waals surface area contributed by atoms with E-state index in [1.807, 2.05) is 4.90 Å². The lowest BCUT2D eigenvalue weighted by Crippen LogP contribution is -2.40. The molecule has 1 heterocycles. The average Bonchev–Trinajstić information content (AvgIpc) is 2.96. The summed E-state index contributed by atoms with van der Waals surface area (Å²) >= 11 is 0. The highest BCUT2D eigenvalue weighted by Crippen LogP contribution is 2.32. The molecule has 1 saturated heterocycles. The number of likely N-dealkylation sites (tertiary alicyclic amines) is 1. The first-order valence-electron chi connectivity index (χ1n) is 6.42. The van der Waals surface area contributed by atoms with Crippen molar-refractivity contribution in [1.29, 1.82) is 0 Å². The van der Waals surface area contributed by atoms with Gasteiger partial charge in [-0.05, 0) is 31.6 Å². The predicted octanol–water partition coefficient (Wildman–Crippen LogP) is 0.452. The molecule has 17 heavy (non-hydrogen) atoms. The van der Waals surface area contributed by atoms with Gasteiger partial charge in [0.15, 0.2) is 0 Å². The molecule has 0 aromatic heterocycles. The van der Waals surface area contributed by atoms with E-state index in [-0.39, 0.29) is 11.8 Å². The highest BCUT2D eigenvalue weighted by Gasteiger charge is 2.35. The van der Waals surface area contributed by atoms with Gasteiger partial charge >= 0.3 is 5.97 Å². The largest absolute Gasteiger partial charge is 0.480 e. The van der Waals surface area contributed by atoms with Crippen LogP contribution in [-0.4, -0.2) is 47.6 Å². The van der Waals surface area contributed by atoms with Gasteiger partial charge in [-0.3, -0.25) is 9.59 Å². The van der Waals surface area contributed by atoms with E-state index in [0.29, 0.717) is 13.0 Å². The highest BCUT2D eigenvalue weighted by atomic mass is 16.4. The van der Waals surface area contributed by atoms with Gasteiger partial charge in [0.2, 0.25) is 5.91 Å². The Balaban J connectivity index is 1.67. The van der Waals surface area contributed by atoms with Crippen molar-refractivity contribution in [3.63, 3.8) is 0 Å². The molecule has 2 aliphatic rings. The van der Waals surface area contributed by atoms with Crippen molar-refractivity contribution in [1.82, 2.24) is 10.2 Å². The Hall–Kier alpha value is -1.10. The van der Waals surface area contributed by atoms with E-state index in [4.69, 9.17) is 5.11 Å². The molecule has 0 spiro atoms. The maximum Gasteiger partial charge on any atom is 0.320 e. The topological polar surface area (TPSA) is 69.6 Å². The molecular formula is C12H20N2O3. The van der Waals surface area contributed by atoms with Crippen LogP contribution in [0.4, 0.5) is 0 Å². The van der Waals surface area contributed by atoms with Crippen LogP contribution in [0.5, 0.6) is 0 Å². The number of carbonyl (C=O) groups is 2. The summed E-state index contributed by atoms with van der Waals surface area (Å²) in [4.78, 5) is 24.5. The summed E-state index contributed by atoms with van der Waals surface area (Å²) < 4.78 is 0. The van der Waals surface area contributed by atoms with Gasteiger partial charge in [-0.25, -0.2) is 0 Å². The van der Waals surface area contributed by atoms with Crippen molar-refractivity contribution in [2.24, 2.45) is 5.92 Å². The maximum atomic E-state index is 11.7. The molecule has 1 aliphatic carbocycles. The molecule has 2 fully saturated rings. The minimum Gasteiger partial charge on any atom is -0.480 e. The number of carboxylic acid groups (broad SMARTS) is 1. The van der Waals surface area contributed by atoms with Crippen molar-refractivity contribution in [3.8, 4) is 0 Å². The molecular weight excluding hydrogens is 220 g/mol. The molecule has 0 radical (unpaired) electrons. The first-order chi connectivity index (χ1) is 8.18. The number of carboxylic acids is 1. The number of carbonyl (C=O) groups excluding carboxylic acids is 1. The van der Waals surface area contributed by atoms with E-state index >= 15 is 0 Å². The summed E-state index contributed by atoms with van der Waals surface area (Å²) in [6, 6.07) is -0.457. The molecule has 1 unspecified atom stereocenters. The number of nitrogens with zero attached hydrogens (tertiary/aromatic N) is 1. The Morgan fingerprint density at radius 1 is 1.29 bits per heavy atom. The van der Waals surface area contributed by atoms with Gasteiger partial charge in [-0.2, -0.15) is 0 Å². The Kier molecular flexibility index (Phi) is 3.99. The van der Waals surface area contributed by atoms with Crippen LogP contribution in [0.15, 0.2) is 0 Å². The molecule has 0 aromatic carbocycles. The number of amides is 1. The van der Waals surface area contributed by atoms with Gasteiger partial charge in [-0.1, -0.05) is 0 Å². The lowest BCUT2D eigenvalue weighted by atomic mass is 10.2. The average molecular weight is 240 g/mol. The second-order valence-corrected chi connectivity index (χ2v) is 4.95. The summed E-state index contributed by atoms with van der Waals surface area (Å²) in [5.41, 5.74) is 0. The highest BCUT2D eigenvalue weighted by molar-refractivity contribution is 5.77. The molecule has 96 valence electrons. The van der Waals surface area contributed by atoms with Gasteiger partial charge in [-0.15, -0.1) is 0 Å². The zero-order valence-corrected chi connectivity index (χ0v) is 10.0. The molecule has 1 amide bonds. The van der Waals surface area contributed by atoms with Crippen LogP contribution in [0.2, 0.25) is 0 Å². The van der Waals surface area contributed by atoms with Crippen LogP contribution in [-0.2, 0) is 9.59 Å². The molecule has 1 atom stereocenters. The minimum atomic E-state index is -0.791. The summed E-state index contributed by atoms with van der Waals surface area (Å²) in [5.74, 6) is -0.370. The van der Waals surface area contributed by atoms with Crippen LogP contribution in [0.1, 0.15) is 32.1 Å². The smallest absolute Gasteiger partial charge is 0.320 e. The normalized spacial score (nSPS) is 21.5. The van der Waals surface area contributed by atoms with Crippen LogP contribution >= 0.6 is 0 Å². The number of nitrogens with one attached hydrogen (secondary N) is 1. The molecule has 1 saturated carbocycles. The second-order valence-electron chi connectivity index (χ2n) is 4.95. The van der Waals surface area contributed by atoms with Gasteiger partial charge in [0, 0.05) is 26.1 Å². The van der Waals surface area contributed by atoms with E-state index in [1.54, 1.807) is 0 Å². The molecule has 0 bridgehead atoms. The third kappa shape index (κ3) is 3.43. The number of hydrogen-bond donors (Lipinski definition) is 2. The van der Waals surface area contributed by atoms with Crippen molar-refractivity contribution >= 4 is 11.9 Å². The quantitative estimate of drug-likeness (QED) is 0.707. The van der Waals surface area contributed by atoms with Crippen molar-refractivity contribution in [3.05, 3.63) is 0 Å². The van der Waals surface area contributed by atoms with Gasteiger partial charge in [0.05, 0.1) is 0 Å². The third-order valence-corrected chi connectivity index (χ3v) is 3.52. The van der Waals surface area contributed by atoms with Crippen LogP contribution in [0.25, 0.3) is 0 Å². The predicted molar refractivity (Wildman–Crippen MR) is 62.6 cm³/mol. The Labute approximate surface area is 101 Å². The molecule has 1 aliphatic heterocycles. The van der Waals surface area contributed by atoms with E-state index in [1.165, 1.54) is 0 Å². The van der Waals surface area contributed by atoms with E-state index in [9.17, 15) is 9.59 Å². The summed E-state index contributed by atoms with van der Waals surface area (Å²) in [6.45, 7) is 2.20. The lowest BCUT2D eigenvalue weighted by Gasteiger charge is -2.17. The molecule has 0 aromatic rings. The molecule has 5 nitrogen and oxygen atoms in total. The Morgan fingerprint density at radius 3 is 2.47 bits per heavy atom. The number of rotatable bonds is 6. The van der Waals surface area contributed by atoms with Crippen molar-refractivity contribution < 1.29 is 14.7 Å². The summed E-state index contributed by atoms with van der Waals surface area (Å²) in [7, 11) is 0. The molecule has 2 rings (SSSR count). The first kappa shape index (κ1) is 12.4.